The van der Waals surface area contributed by atoms with Crippen molar-refractivity contribution < 1.29 is 0 Å². The van der Waals surface area contributed by atoms with E-state index in [9.17, 15) is 0 Å². The maximum Gasteiger partial charge on any atom is 0.133 e. The minimum absolute atomic E-state index is 0.379. The Morgan fingerprint density at radius 2 is 2.00 bits per heavy atom. The van der Waals surface area contributed by atoms with E-state index in [2.05, 4.69) is 34.0 Å². The van der Waals surface area contributed by atoms with Gasteiger partial charge in [0.05, 0.1) is 0 Å². The van der Waals surface area contributed by atoms with Gasteiger partial charge >= 0.3 is 0 Å². The molecule has 0 aromatic carbocycles. The quantitative estimate of drug-likeness (QED) is 0.869. The lowest BCUT2D eigenvalue weighted by molar-refractivity contribution is 0.352. The summed E-state index contributed by atoms with van der Waals surface area (Å²) in [7, 11) is 0. The molecule has 1 saturated heterocycles. The fourth-order valence-corrected chi connectivity index (χ4v) is 2.29. The van der Waals surface area contributed by atoms with Crippen molar-refractivity contribution in [3.63, 3.8) is 0 Å². The molecule has 0 amide bonds. The number of aryl methyl sites for hydroxylation is 1. The van der Waals surface area contributed by atoms with Gasteiger partial charge < -0.3 is 10.2 Å². The third kappa shape index (κ3) is 3.67. The number of anilines is 1. The Morgan fingerprint density at radius 1 is 1.28 bits per heavy atom. The highest BCUT2D eigenvalue weighted by Crippen LogP contribution is 2.13. The van der Waals surface area contributed by atoms with Crippen molar-refractivity contribution in [3.8, 4) is 0 Å². The minimum Gasteiger partial charge on any atom is -0.369 e. The van der Waals surface area contributed by atoms with Crippen molar-refractivity contribution in [1.29, 1.82) is 0 Å². The average molecular weight is 248 g/mol. The van der Waals surface area contributed by atoms with Gasteiger partial charge in [0.1, 0.15) is 11.6 Å². The van der Waals surface area contributed by atoms with Crippen LogP contribution >= 0.6 is 0 Å². The van der Waals surface area contributed by atoms with Gasteiger partial charge in [0.25, 0.3) is 0 Å². The number of hydrogen-bond acceptors (Lipinski definition) is 4. The van der Waals surface area contributed by atoms with Gasteiger partial charge in [-0.25, -0.2) is 9.97 Å². The van der Waals surface area contributed by atoms with Gasteiger partial charge in [-0.1, -0.05) is 13.8 Å². The predicted octanol–water partition coefficient (Wildman–Crippen LogP) is 2.42. The standard InChI is InChI=1S/C14H24N4/c1-11(2)14-16-12(3)10-13(17-14)15-6-9-18-7-4-5-8-18/h10-11H,4-9H2,1-3H3,(H,15,16,17). The molecule has 0 unspecified atom stereocenters. The van der Waals surface area contributed by atoms with Crippen LogP contribution in [0.15, 0.2) is 6.07 Å². The van der Waals surface area contributed by atoms with E-state index in [4.69, 9.17) is 0 Å². The molecular formula is C14H24N4. The third-order valence-corrected chi connectivity index (χ3v) is 3.32. The van der Waals surface area contributed by atoms with E-state index >= 15 is 0 Å². The first-order valence-electron chi connectivity index (χ1n) is 6.97. The average Bonchev–Trinajstić information content (AvgIpc) is 2.81. The molecule has 1 fully saturated rings. The SMILES string of the molecule is Cc1cc(NCCN2CCCC2)nc(C(C)C)n1. The van der Waals surface area contributed by atoms with Gasteiger partial charge in [-0.2, -0.15) is 0 Å². The summed E-state index contributed by atoms with van der Waals surface area (Å²) in [4.78, 5) is 11.5. The van der Waals surface area contributed by atoms with Crippen LogP contribution in [0, 0.1) is 6.92 Å². The number of nitrogens with zero attached hydrogens (tertiary/aromatic N) is 3. The molecule has 0 aliphatic carbocycles. The van der Waals surface area contributed by atoms with Crippen molar-refractivity contribution in [2.24, 2.45) is 0 Å². The van der Waals surface area contributed by atoms with Gasteiger partial charge in [-0.15, -0.1) is 0 Å². The lowest BCUT2D eigenvalue weighted by Crippen LogP contribution is -2.26. The highest BCUT2D eigenvalue weighted by Gasteiger charge is 2.11. The molecule has 1 aliphatic rings. The van der Waals surface area contributed by atoms with E-state index in [0.717, 1.165) is 30.4 Å². The summed E-state index contributed by atoms with van der Waals surface area (Å²) in [5.74, 6) is 2.27. The second kappa shape index (κ2) is 6.14. The van der Waals surface area contributed by atoms with Crippen molar-refractivity contribution in [3.05, 3.63) is 17.6 Å². The molecule has 0 atom stereocenters. The molecule has 0 spiro atoms. The highest BCUT2D eigenvalue weighted by molar-refractivity contribution is 5.36. The molecule has 0 bridgehead atoms. The van der Waals surface area contributed by atoms with E-state index in [-0.39, 0.29) is 0 Å². The monoisotopic (exact) mass is 248 g/mol. The Labute approximate surface area is 110 Å². The molecule has 18 heavy (non-hydrogen) atoms. The van der Waals surface area contributed by atoms with Crippen molar-refractivity contribution in [1.82, 2.24) is 14.9 Å². The summed E-state index contributed by atoms with van der Waals surface area (Å²) in [6.07, 6.45) is 2.70. The van der Waals surface area contributed by atoms with Gasteiger partial charge in [0.2, 0.25) is 0 Å². The first kappa shape index (κ1) is 13.3. The summed E-state index contributed by atoms with van der Waals surface area (Å²) in [5, 5.41) is 3.41. The Hall–Kier alpha value is -1.16. The molecular weight excluding hydrogens is 224 g/mol. The van der Waals surface area contributed by atoms with Crippen LogP contribution in [-0.4, -0.2) is 41.0 Å². The van der Waals surface area contributed by atoms with Crippen LogP contribution in [0.5, 0.6) is 0 Å². The van der Waals surface area contributed by atoms with E-state index in [1.807, 2.05) is 13.0 Å². The van der Waals surface area contributed by atoms with E-state index in [1.165, 1.54) is 25.9 Å². The zero-order valence-corrected chi connectivity index (χ0v) is 11.7. The molecule has 1 N–H and O–H groups in total. The predicted molar refractivity (Wildman–Crippen MR) is 75.0 cm³/mol. The maximum atomic E-state index is 4.56. The van der Waals surface area contributed by atoms with Crippen LogP contribution in [0.4, 0.5) is 5.82 Å². The van der Waals surface area contributed by atoms with E-state index < -0.39 is 0 Å². The summed E-state index contributed by atoms with van der Waals surface area (Å²) in [6.45, 7) is 10.9. The Kier molecular flexibility index (Phi) is 4.53. The highest BCUT2D eigenvalue weighted by atomic mass is 15.2. The van der Waals surface area contributed by atoms with E-state index in [1.54, 1.807) is 0 Å². The number of likely N-dealkylation sites (tertiary alicyclic amines) is 1. The smallest absolute Gasteiger partial charge is 0.133 e. The Balaban J connectivity index is 1.88. The Bertz CT molecular complexity index is 383. The fraction of sp³-hybridized carbons (Fsp3) is 0.714. The third-order valence-electron chi connectivity index (χ3n) is 3.32. The zero-order chi connectivity index (χ0) is 13.0. The van der Waals surface area contributed by atoms with Crippen LogP contribution in [0.1, 0.15) is 44.1 Å². The number of aromatic nitrogens is 2. The maximum absolute atomic E-state index is 4.56. The second-order valence-electron chi connectivity index (χ2n) is 5.38. The van der Waals surface area contributed by atoms with Crippen molar-refractivity contribution in [2.75, 3.05) is 31.5 Å². The molecule has 2 rings (SSSR count). The van der Waals surface area contributed by atoms with Crippen LogP contribution in [0.2, 0.25) is 0 Å². The van der Waals surface area contributed by atoms with Crippen LogP contribution in [0.3, 0.4) is 0 Å². The molecule has 100 valence electrons. The summed E-state index contributed by atoms with van der Waals surface area (Å²) in [6, 6.07) is 2.02. The number of hydrogen-bond donors (Lipinski definition) is 1. The Morgan fingerprint density at radius 3 is 2.67 bits per heavy atom. The fourth-order valence-electron chi connectivity index (χ4n) is 2.29. The van der Waals surface area contributed by atoms with Crippen LogP contribution < -0.4 is 5.32 Å². The lowest BCUT2D eigenvalue weighted by atomic mass is 10.2. The van der Waals surface area contributed by atoms with Crippen molar-refractivity contribution >= 4 is 5.82 Å². The zero-order valence-electron chi connectivity index (χ0n) is 11.7. The van der Waals surface area contributed by atoms with Gasteiger partial charge in [0, 0.05) is 30.8 Å². The summed E-state index contributed by atoms with van der Waals surface area (Å²) in [5.41, 5.74) is 1.04. The van der Waals surface area contributed by atoms with Crippen LogP contribution in [0.25, 0.3) is 0 Å². The molecule has 0 radical (unpaired) electrons. The molecule has 2 heterocycles. The summed E-state index contributed by atoms with van der Waals surface area (Å²) < 4.78 is 0. The molecule has 1 aromatic heterocycles. The van der Waals surface area contributed by atoms with E-state index in [0.29, 0.717) is 5.92 Å². The number of nitrogens with one attached hydrogen (secondary N) is 1. The second-order valence-corrected chi connectivity index (χ2v) is 5.38. The first-order valence-corrected chi connectivity index (χ1v) is 6.97. The van der Waals surface area contributed by atoms with Gasteiger partial charge in [-0.05, 0) is 32.9 Å². The lowest BCUT2D eigenvalue weighted by Gasteiger charge is -2.15. The first-order chi connectivity index (χ1) is 8.65. The minimum atomic E-state index is 0.379. The van der Waals surface area contributed by atoms with Crippen LogP contribution in [-0.2, 0) is 0 Å². The van der Waals surface area contributed by atoms with Gasteiger partial charge in [0.15, 0.2) is 0 Å². The molecule has 1 aromatic rings. The molecule has 0 saturated carbocycles. The largest absolute Gasteiger partial charge is 0.369 e. The normalized spacial score (nSPS) is 16.4. The summed E-state index contributed by atoms with van der Waals surface area (Å²) >= 11 is 0. The molecule has 1 aliphatic heterocycles. The topological polar surface area (TPSA) is 41.0 Å². The van der Waals surface area contributed by atoms with Crippen molar-refractivity contribution in [2.45, 2.75) is 39.5 Å². The molecule has 4 heteroatoms. The number of rotatable bonds is 5. The van der Waals surface area contributed by atoms with Gasteiger partial charge in [-0.3, -0.25) is 0 Å². The molecule has 4 nitrogen and oxygen atoms in total.